The second-order valence-corrected chi connectivity index (χ2v) is 6.11. The van der Waals surface area contributed by atoms with Crippen LogP contribution in [0, 0.1) is 12.8 Å². The van der Waals surface area contributed by atoms with E-state index in [1.807, 2.05) is 37.3 Å². The van der Waals surface area contributed by atoms with Gasteiger partial charge in [0.1, 0.15) is 11.5 Å². The molecule has 0 spiro atoms. The standard InChI is InChI=1S/C17H18N2O2/c1-9-4-3-5-11-15(9)18-16(19-17(11)20)14-7-6-13(21-14)12-8-10(12)2/h3-7,10,12,16,18H,8H2,1-2H3,(H,19,20). The van der Waals surface area contributed by atoms with Gasteiger partial charge < -0.3 is 15.1 Å². The maximum absolute atomic E-state index is 12.2. The molecule has 2 heterocycles. The van der Waals surface area contributed by atoms with Crippen LogP contribution >= 0.6 is 0 Å². The first-order chi connectivity index (χ1) is 10.1. The number of aryl methyl sites for hydroxylation is 1. The molecule has 108 valence electrons. The molecule has 1 fully saturated rings. The van der Waals surface area contributed by atoms with Gasteiger partial charge in [0.25, 0.3) is 5.91 Å². The number of para-hydroxylation sites is 1. The predicted octanol–water partition coefficient (Wildman–Crippen LogP) is 3.57. The van der Waals surface area contributed by atoms with Gasteiger partial charge in [0.15, 0.2) is 6.17 Å². The van der Waals surface area contributed by atoms with Gasteiger partial charge in [0.05, 0.1) is 11.3 Å². The summed E-state index contributed by atoms with van der Waals surface area (Å²) in [7, 11) is 0. The molecule has 2 aromatic rings. The van der Waals surface area contributed by atoms with E-state index in [4.69, 9.17) is 4.42 Å². The first-order valence-corrected chi connectivity index (χ1v) is 7.40. The molecule has 1 saturated carbocycles. The molecule has 1 aromatic heterocycles. The molecule has 1 aliphatic heterocycles. The molecule has 3 atom stereocenters. The molecule has 0 bridgehead atoms. The highest BCUT2D eigenvalue weighted by atomic mass is 16.3. The molecular formula is C17H18N2O2. The second kappa shape index (κ2) is 4.38. The first-order valence-electron chi connectivity index (χ1n) is 7.40. The number of carbonyl (C=O) groups excluding carboxylic acids is 1. The Morgan fingerprint density at radius 3 is 2.67 bits per heavy atom. The molecule has 0 radical (unpaired) electrons. The molecule has 2 aliphatic rings. The summed E-state index contributed by atoms with van der Waals surface area (Å²) in [4.78, 5) is 12.2. The topological polar surface area (TPSA) is 54.3 Å². The molecule has 4 nitrogen and oxygen atoms in total. The summed E-state index contributed by atoms with van der Waals surface area (Å²) in [6.07, 6.45) is 0.896. The van der Waals surface area contributed by atoms with Gasteiger partial charge in [-0.3, -0.25) is 4.79 Å². The van der Waals surface area contributed by atoms with Crippen molar-refractivity contribution in [1.29, 1.82) is 0 Å². The Morgan fingerprint density at radius 1 is 1.14 bits per heavy atom. The van der Waals surface area contributed by atoms with Gasteiger partial charge in [-0.25, -0.2) is 0 Å². The van der Waals surface area contributed by atoms with Gasteiger partial charge in [-0.15, -0.1) is 0 Å². The Hall–Kier alpha value is -2.23. The fourth-order valence-corrected chi connectivity index (χ4v) is 3.02. The monoisotopic (exact) mass is 282 g/mol. The van der Waals surface area contributed by atoms with Gasteiger partial charge in [-0.1, -0.05) is 19.1 Å². The second-order valence-electron chi connectivity index (χ2n) is 6.11. The third-order valence-electron chi connectivity index (χ3n) is 4.49. The molecular weight excluding hydrogens is 264 g/mol. The number of rotatable bonds is 2. The van der Waals surface area contributed by atoms with E-state index in [0.29, 0.717) is 17.4 Å². The first kappa shape index (κ1) is 12.5. The van der Waals surface area contributed by atoms with E-state index in [-0.39, 0.29) is 12.1 Å². The lowest BCUT2D eigenvalue weighted by Gasteiger charge is -2.27. The Balaban J connectivity index is 1.64. The van der Waals surface area contributed by atoms with Crippen LogP contribution in [0.5, 0.6) is 0 Å². The molecule has 3 unspecified atom stereocenters. The van der Waals surface area contributed by atoms with Crippen molar-refractivity contribution in [3.63, 3.8) is 0 Å². The van der Waals surface area contributed by atoms with Crippen molar-refractivity contribution in [3.05, 3.63) is 53.0 Å². The zero-order chi connectivity index (χ0) is 14.6. The summed E-state index contributed by atoms with van der Waals surface area (Å²) in [5.41, 5.74) is 2.65. The highest BCUT2D eigenvalue weighted by Crippen LogP contribution is 2.47. The average Bonchev–Trinajstić information content (AvgIpc) is 3.01. The van der Waals surface area contributed by atoms with E-state index in [9.17, 15) is 4.79 Å². The normalized spacial score (nSPS) is 26.8. The van der Waals surface area contributed by atoms with Crippen LogP contribution in [0.15, 0.2) is 34.7 Å². The summed E-state index contributed by atoms with van der Waals surface area (Å²) < 4.78 is 5.94. The van der Waals surface area contributed by atoms with E-state index in [0.717, 1.165) is 22.8 Å². The van der Waals surface area contributed by atoms with E-state index < -0.39 is 0 Å². The van der Waals surface area contributed by atoms with Crippen molar-refractivity contribution in [2.24, 2.45) is 5.92 Å². The minimum Gasteiger partial charge on any atom is -0.462 e. The summed E-state index contributed by atoms with van der Waals surface area (Å²) >= 11 is 0. The summed E-state index contributed by atoms with van der Waals surface area (Å²) in [6, 6.07) is 9.72. The van der Waals surface area contributed by atoms with Crippen LogP contribution in [0.25, 0.3) is 0 Å². The van der Waals surface area contributed by atoms with Crippen LogP contribution in [0.2, 0.25) is 0 Å². The number of nitrogens with one attached hydrogen (secondary N) is 2. The maximum Gasteiger partial charge on any atom is 0.255 e. The lowest BCUT2D eigenvalue weighted by Crippen LogP contribution is -2.38. The number of fused-ring (bicyclic) bond motifs is 1. The number of furan rings is 1. The van der Waals surface area contributed by atoms with Crippen LogP contribution in [0.3, 0.4) is 0 Å². The van der Waals surface area contributed by atoms with Crippen LogP contribution in [0.1, 0.15) is 52.9 Å². The lowest BCUT2D eigenvalue weighted by atomic mass is 10.0. The minimum atomic E-state index is -0.297. The van der Waals surface area contributed by atoms with E-state index in [1.165, 1.54) is 6.42 Å². The van der Waals surface area contributed by atoms with Gasteiger partial charge in [-0.05, 0) is 43.0 Å². The maximum atomic E-state index is 12.2. The number of benzene rings is 1. The fourth-order valence-electron chi connectivity index (χ4n) is 3.02. The van der Waals surface area contributed by atoms with Gasteiger partial charge in [0, 0.05) is 5.92 Å². The molecule has 2 N–H and O–H groups in total. The van der Waals surface area contributed by atoms with Crippen molar-refractivity contribution in [2.75, 3.05) is 5.32 Å². The van der Waals surface area contributed by atoms with E-state index in [1.54, 1.807) is 0 Å². The number of carbonyl (C=O) groups is 1. The van der Waals surface area contributed by atoms with Crippen LogP contribution in [-0.4, -0.2) is 5.91 Å². The van der Waals surface area contributed by atoms with E-state index in [2.05, 4.69) is 17.6 Å². The molecule has 1 amide bonds. The highest BCUT2D eigenvalue weighted by Gasteiger charge is 2.37. The van der Waals surface area contributed by atoms with Crippen molar-refractivity contribution < 1.29 is 9.21 Å². The molecule has 1 aliphatic carbocycles. The summed E-state index contributed by atoms with van der Waals surface area (Å²) in [6.45, 7) is 4.23. The van der Waals surface area contributed by atoms with Crippen LogP contribution < -0.4 is 10.6 Å². The van der Waals surface area contributed by atoms with E-state index >= 15 is 0 Å². The van der Waals surface area contributed by atoms with Gasteiger partial charge in [0.2, 0.25) is 0 Å². The van der Waals surface area contributed by atoms with Crippen molar-refractivity contribution in [3.8, 4) is 0 Å². The lowest BCUT2D eigenvalue weighted by molar-refractivity contribution is 0.0930. The highest BCUT2D eigenvalue weighted by molar-refractivity contribution is 6.02. The number of anilines is 1. The zero-order valence-corrected chi connectivity index (χ0v) is 12.1. The van der Waals surface area contributed by atoms with Crippen LogP contribution in [0.4, 0.5) is 5.69 Å². The molecule has 1 aromatic carbocycles. The van der Waals surface area contributed by atoms with Gasteiger partial charge in [-0.2, -0.15) is 0 Å². The summed E-state index contributed by atoms with van der Waals surface area (Å²) in [5.74, 6) is 3.00. The third kappa shape index (κ3) is 2.02. The van der Waals surface area contributed by atoms with Gasteiger partial charge >= 0.3 is 0 Å². The summed E-state index contributed by atoms with van der Waals surface area (Å²) in [5, 5.41) is 6.33. The molecule has 4 heteroatoms. The Bertz CT molecular complexity index is 719. The zero-order valence-electron chi connectivity index (χ0n) is 12.1. The quantitative estimate of drug-likeness (QED) is 0.885. The third-order valence-corrected chi connectivity index (χ3v) is 4.49. The number of hydrogen-bond donors (Lipinski definition) is 2. The Morgan fingerprint density at radius 2 is 1.90 bits per heavy atom. The van der Waals surface area contributed by atoms with Crippen molar-refractivity contribution in [2.45, 2.75) is 32.4 Å². The minimum absolute atomic E-state index is 0.0600. The predicted molar refractivity (Wildman–Crippen MR) is 80.2 cm³/mol. The van der Waals surface area contributed by atoms with Crippen molar-refractivity contribution >= 4 is 11.6 Å². The largest absolute Gasteiger partial charge is 0.462 e. The molecule has 21 heavy (non-hydrogen) atoms. The molecule has 4 rings (SSSR count). The SMILES string of the molecule is Cc1cccc2c1NC(c1ccc(C3CC3C)o1)NC2=O. The number of hydrogen-bond acceptors (Lipinski definition) is 3. The smallest absolute Gasteiger partial charge is 0.255 e. The number of amides is 1. The molecule has 0 saturated heterocycles. The van der Waals surface area contributed by atoms with Crippen molar-refractivity contribution in [1.82, 2.24) is 5.32 Å². The Kier molecular flexibility index (Phi) is 2.61. The van der Waals surface area contributed by atoms with Crippen LogP contribution in [-0.2, 0) is 0 Å². The fraction of sp³-hybridized carbons (Fsp3) is 0.353. The average molecular weight is 282 g/mol. The Labute approximate surface area is 123 Å².